The van der Waals surface area contributed by atoms with Crippen molar-refractivity contribution in [3.8, 4) is 10.6 Å². The highest BCUT2D eigenvalue weighted by Gasteiger charge is 2.24. The molecular formula is C17H23ClN4OS. The van der Waals surface area contributed by atoms with Crippen molar-refractivity contribution in [3.05, 3.63) is 29.3 Å². The Kier molecular flexibility index (Phi) is 7.15. The summed E-state index contributed by atoms with van der Waals surface area (Å²) in [5.41, 5.74) is 0.825. The highest BCUT2D eigenvalue weighted by molar-refractivity contribution is 7.18. The SMILES string of the molecule is CCCC(C(=O)Nc1nnc(-c2ccccc2Cl)s1)N(CC)CC. The second-order valence-corrected chi connectivity index (χ2v) is 6.79. The molecule has 0 aliphatic heterocycles. The fraction of sp³-hybridized carbons (Fsp3) is 0.471. The number of hydrogen-bond acceptors (Lipinski definition) is 5. The van der Waals surface area contributed by atoms with Crippen LogP contribution in [-0.2, 0) is 4.79 Å². The van der Waals surface area contributed by atoms with Gasteiger partial charge in [0.15, 0.2) is 5.01 Å². The molecule has 0 radical (unpaired) electrons. The van der Waals surface area contributed by atoms with E-state index in [1.54, 1.807) is 0 Å². The Bertz CT molecular complexity index is 672. The van der Waals surface area contributed by atoms with Gasteiger partial charge in [0.05, 0.1) is 11.1 Å². The van der Waals surface area contributed by atoms with Crippen molar-refractivity contribution < 1.29 is 4.79 Å². The molecule has 7 heteroatoms. The third-order valence-electron chi connectivity index (χ3n) is 3.88. The van der Waals surface area contributed by atoms with Crippen LogP contribution in [0.15, 0.2) is 24.3 Å². The summed E-state index contributed by atoms with van der Waals surface area (Å²) < 4.78 is 0. The van der Waals surface area contributed by atoms with Gasteiger partial charge in [0.25, 0.3) is 0 Å². The summed E-state index contributed by atoms with van der Waals surface area (Å²) in [5.74, 6) is -0.0255. The molecule has 1 N–H and O–H groups in total. The smallest absolute Gasteiger partial charge is 0.243 e. The molecule has 1 atom stereocenters. The fourth-order valence-corrected chi connectivity index (χ4v) is 3.69. The first-order valence-corrected chi connectivity index (χ1v) is 9.43. The van der Waals surface area contributed by atoms with E-state index in [2.05, 4.69) is 41.2 Å². The van der Waals surface area contributed by atoms with Gasteiger partial charge in [-0.15, -0.1) is 10.2 Å². The molecule has 0 aliphatic rings. The number of carbonyl (C=O) groups is 1. The van der Waals surface area contributed by atoms with Crippen molar-refractivity contribution in [2.24, 2.45) is 0 Å². The van der Waals surface area contributed by atoms with E-state index in [-0.39, 0.29) is 11.9 Å². The maximum absolute atomic E-state index is 12.6. The van der Waals surface area contributed by atoms with Crippen molar-refractivity contribution in [2.45, 2.75) is 39.7 Å². The molecule has 2 rings (SSSR count). The quantitative estimate of drug-likeness (QED) is 0.756. The highest BCUT2D eigenvalue weighted by Crippen LogP contribution is 2.31. The van der Waals surface area contributed by atoms with Crippen molar-refractivity contribution in [1.29, 1.82) is 0 Å². The molecule has 0 fully saturated rings. The van der Waals surface area contributed by atoms with E-state index < -0.39 is 0 Å². The lowest BCUT2D eigenvalue weighted by Gasteiger charge is -2.27. The first kappa shape index (κ1) is 18.8. The van der Waals surface area contributed by atoms with E-state index in [1.165, 1.54) is 11.3 Å². The van der Waals surface area contributed by atoms with E-state index in [9.17, 15) is 4.79 Å². The zero-order valence-electron chi connectivity index (χ0n) is 14.3. The van der Waals surface area contributed by atoms with Gasteiger partial charge < -0.3 is 0 Å². The number of rotatable bonds is 8. The Labute approximate surface area is 152 Å². The van der Waals surface area contributed by atoms with E-state index >= 15 is 0 Å². The summed E-state index contributed by atoms with van der Waals surface area (Å²) in [7, 11) is 0. The number of benzene rings is 1. The lowest BCUT2D eigenvalue weighted by atomic mass is 10.1. The average molecular weight is 367 g/mol. The number of nitrogens with zero attached hydrogens (tertiary/aromatic N) is 3. The van der Waals surface area contributed by atoms with Gasteiger partial charge in [-0.2, -0.15) is 0 Å². The molecule has 130 valence electrons. The number of nitrogens with one attached hydrogen (secondary N) is 1. The summed E-state index contributed by atoms with van der Waals surface area (Å²) in [6, 6.07) is 7.34. The van der Waals surface area contributed by atoms with E-state index in [1.807, 2.05) is 24.3 Å². The number of likely N-dealkylation sites (N-methyl/N-ethyl adjacent to an activating group) is 1. The number of carbonyl (C=O) groups excluding carboxylic acids is 1. The van der Waals surface area contributed by atoms with Crippen LogP contribution >= 0.6 is 22.9 Å². The molecule has 1 heterocycles. The Morgan fingerprint density at radius 1 is 1.25 bits per heavy atom. The largest absolute Gasteiger partial charge is 0.299 e. The predicted octanol–water partition coefficient (Wildman–Crippen LogP) is 4.31. The van der Waals surface area contributed by atoms with Crippen molar-refractivity contribution in [1.82, 2.24) is 15.1 Å². The lowest BCUT2D eigenvalue weighted by Crippen LogP contribution is -2.43. The first-order chi connectivity index (χ1) is 11.6. The number of halogens is 1. The van der Waals surface area contributed by atoms with Gasteiger partial charge in [0.2, 0.25) is 11.0 Å². The summed E-state index contributed by atoms with van der Waals surface area (Å²) in [6.07, 6.45) is 1.78. The Morgan fingerprint density at radius 2 is 1.96 bits per heavy atom. The fourth-order valence-electron chi connectivity index (χ4n) is 2.62. The Hall–Kier alpha value is -1.50. The average Bonchev–Trinajstić information content (AvgIpc) is 3.03. The van der Waals surface area contributed by atoms with Crippen LogP contribution < -0.4 is 5.32 Å². The second kappa shape index (κ2) is 9.11. The highest BCUT2D eigenvalue weighted by atomic mass is 35.5. The van der Waals surface area contributed by atoms with Crippen molar-refractivity contribution in [2.75, 3.05) is 18.4 Å². The molecule has 5 nitrogen and oxygen atoms in total. The van der Waals surface area contributed by atoms with Gasteiger partial charge in [-0.05, 0) is 25.6 Å². The monoisotopic (exact) mass is 366 g/mol. The van der Waals surface area contributed by atoms with Gasteiger partial charge in [-0.1, -0.05) is 68.3 Å². The van der Waals surface area contributed by atoms with Gasteiger partial charge in [-0.3, -0.25) is 15.0 Å². The molecule has 1 aromatic carbocycles. The van der Waals surface area contributed by atoms with Gasteiger partial charge >= 0.3 is 0 Å². The number of amides is 1. The minimum Gasteiger partial charge on any atom is -0.299 e. The van der Waals surface area contributed by atoms with Crippen LogP contribution in [0.2, 0.25) is 5.02 Å². The molecule has 2 aromatic rings. The second-order valence-electron chi connectivity index (χ2n) is 5.41. The first-order valence-electron chi connectivity index (χ1n) is 8.23. The molecule has 1 aromatic heterocycles. The summed E-state index contributed by atoms with van der Waals surface area (Å²) in [4.78, 5) is 14.8. The molecule has 0 saturated carbocycles. The van der Waals surface area contributed by atoms with E-state index in [0.29, 0.717) is 15.2 Å². The topological polar surface area (TPSA) is 58.1 Å². The molecular weight excluding hydrogens is 344 g/mol. The molecule has 0 bridgehead atoms. The minimum atomic E-state index is -0.141. The molecule has 0 aliphatic carbocycles. The van der Waals surface area contributed by atoms with Gasteiger partial charge in [0.1, 0.15) is 0 Å². The zero-order chi connectivity index (χ0) is 17.5. The third kappa shape index (κ3) is 4.53. The van der Waals surface area contributed by atoms with Crippen LogP contribution in [-0.4, -0.2) is 40.1 Å². The normalized spacial score (nSPS) is 12.4. The molecule has 1 amide bonds. The predicted molar refractivity (Wildman–Crippen MR) is 101 cm³/mol. The molecule has 0 spiro atoms. The van der Waals surface area contributed by atoms with Crippen LogP contribution in [0.5, 0.6) is 0 Å². The molecule has 24 heavy (non-hydrogen) atoms. The zero-order valence-corrected chi connectivity index (χ0v) is 15.8. The lowest BCUT2D eigenvalue weighted by molar-refractivity contribution is -0.121. The number of anilines is 1. The Balaban J connectivity index is 2.13. The number of aromatic nitrogens is 2. The standard InChI is InChI=1S/C17H23ClN4OS/c1-4-9-14(22(5-2)6-3)15(23)19-17-21-20-16(24-17)12-10-7-8-11-13(12)18/h7-8,10-11,14H,4-6,9H2,1-3H3,(H,19,21,23). The van der Waals surface area contributed by atoms with Crippen LogP contribution in [0.1, 0.15) is 33.6 Å². The van der Waals surface area contributed by atoms with Crippen LogP contribution in [0.25, 0.3) is 10.6 Å². The van der Waals surface area contributed by atoms with Crippen LogP contribution in [0, 0.1) is 0 Å². The van der Waals surface area contributed by atoms with Crippen molar-refractivity contribution >= 4 is 34.0 Å². The van der Waals surface area contributed by atoms with E-state index in [4.69, 9.17) is 11.6 Å². The van der Waals surface area contributed by atoms with Gasteiger partial charge in [-0.25, -0.2) is 0 Å². The van der Waals surface area contributed by atoms with Crippen LogP contribution in [0.4, 0.5) is 5.13 Å². The Morgan fingerprint density at radius 3 is 2.58 bits per heavy atom. The maximum Gasteiger partial charge on any atom is 0.243 e. The summed E-state index contributed by atoms with van der Waals surface area (Å²) in [5, 5.41) is 13.0. The maximum atomic E-state index is 12.6. The molecule has 1 unspecified atom stereocenters. The van der Waals surface area contributed by atoms with Crippen molar-refractivity contribution in [3.63, 3.8) is 0 Å². The summed E-state index contributed by atoms with van der Waals surface area (Å²) >= 11 is 7.52. The van der Waals surface area contributed by atoms with Crippen LogP contribution in [0.3, 0.4) is 0 Å². The summed E-state index contributed by atoms with van der Waals surface area (Å²) in [6.45, 7) is 7.91. The number of hydrogen-bond donors (Lipinski definition) is 1. The minimum absolute atomic E-state index is 0.0255. The van der Waals surface area contributed by atoms with E-state index in [0.717, 1.165) is 31.5 Å². The third-order valence-corrected chi connectivity index (χ3v) is 5.08. The van der Waals surface area contributed by atoms with Gasteiger partial charge in [0, 0.05) is 5.56 Å². The molecule has 0 saturated heterocycles.